The molecule has 0 atom stereocenters. The predicted octanol–water partition coefficient (Wildman–Crippen LogP) is -22.4. The van der Waals surface area contributed by atoms with E-state index in [-0.39, 0.29) is 0 Å². The molecule has 0 nitrogen and oxygen atoms in total. The second kappa shape index (κ2) is 15.6. The molecule has 0 N–H and O–H groups in total. The van der Waals surface area contributed by atoms with Crippen molar-refractivity contribution in [3.63, 3.8) is 0 Å². The van der Waals surface area contributed by atoms with Gasteiger partial charge >= 0.3 is 0 Å². The highest BCUT2D eigenvalue weighted by Crippen LogP contribution is 2.45. The van der Waals surface area contributed by atoms with Crippen LogP contribution in [-0.2, 0) is 0 Å². The maximum Gasteiger partial charge on any atom is 0.140 e. The minimum absolute atomic E-state index is 1.32. The average Bonchev–Trinajstić information content (AvgIpc) is 3.28. The topological polar surface area (TPSA) is 0 Å². The van der Waals surface area contributed by atoms with E-state index in [2.05, 4.69) is 205 Å². The maximum absolute atomic E-state index is 2.42. The Hall–Kier alpha value is -4.42. The number of benzene rings is 9. The van der Waals surface area contributed by atoms with Crippen LogP contribution < -0.4 is 109 Å². The molecule has 0 aromatic heterocycles. The van der Waals surface area contributed by atoms with Crippen molar-refractivity contribution < 1.29 is 0 Å². The van der Waals surface area contributed by atoms with Gasteiger partial charge in [-0.2, -0.15) is 0 Å². The lowest BCUT2D eigenvalue weighted by Gasteiger charge is -2.30. The molecular weight excluding hydrogens is 745 g/mol. The zero-order valence-corrected chi connectivity index (χ0v) is 42.6. The maximum atomic E-state index is 2.42. The van der Waals surface area contributed by atoms with Gasteiger partial charge < -0.3 is 0 Å². The van der Waals surface area contributed by atoms with Crippen LogP contribution in [-0.4, -0.2) is 157 Å². The van der Waals surface area contributed by atoms with Crippen molar-refractivity contribution in [2.45, 2.75) is 0 Å². The summed E-state index contributed by atoms with van der Waals surface area (Å²) in [5.41, 5.74) is 36.3. The molecule has 0 aliphatic carbocycles. The largest absolute Gasteiger partial charge is 0.140 e. The minimum Gasteiger partial charge on any atom is -0.101 e. The average molecular weight is 793 g/mol. The Labute approximate surface area is 399 Å². The van der Waals surface area contributed by atoms with E-state index in [1.165, 1.54) is 196 Å². The van der Waals surface area contributed by atoms with Crippen molar-refractivity contribution in [1.82, 2.24) is 0 Å². The molecule has 0 bridgehead atoms. The van der Waals surface area contributed by atoms with Crippen LogP contribution in [0, 0.1) is 0 Å². The Bertz CT molecular complexity index is 3610. The first-order chi connectivity index (χ1) is 30.2. The van der Waals surface area contributed by atoms with Crippen LogP contribution in [0.25, 0.3) is 87.2 Å². The van der Waals surface area contributed by atoms with E-state index in [0.717, 1.165) is 0 Å². The second-order valence-corrected chi connectivity index (χ2v) is 20.1. The van der Waals surface area contributed by atoms with Crippen molar-refractivity contribution >= 4 is 320 Å². The summed E-state index contributed by atoms with van der Waals surface area (Å²) in [6.07, 6.45) is 0. The van der Waals surface area contributed by atoms with E-state index in [1.54, 1.807) is 0 Å². The molecular formula is C44H48B20. The Morgan fingerprint density at radius 1 is 0.156 bits per heavy atom. The van der Waals surface area contributed by atoms with Gasteiger partial charge in [-0.3, -0.25) is 0 Å². The van der Waals surface area contributed by atoms with Gasteiger partial charge in [-0.1, -0.05) is 120 Å². The van der Waals surface area contributed by atoms with Gasteiger partial charge in [0, 0.05) is 0 Å². The van der Waals surface area contributed by atoms with E-state index >= 15 is 0 Å². The molecule has 0 radical (unpaired) electrons. The fraction of sp³-hybridized carbons (Fsp3) is 0. The number of hydrogen-bond donors (Lipinski definition) is 0. The molecule has 0 aliphatic rings. The first kappa shape index (κ1) is 44.8. The molecule has 0 spiro atoms. The van der Waals surface area contributed by atoms with Crippen LogP contribution in [0.1, 0.15) is 0 Å². The highest BCUT2D eigenvalue weighted by atomic mass is 14.3. The lowest BCUT2D eigenvalue weighted by atomic mass is 9.56. The predicted molar refractivity (Wildman–Crippen MR) is 354 cm³/mol. The van der Waals surface area contributed by atoms with Gasteiger partial charge in [0.05, 0.1) is 0 Å². The van der Waals surface area contributed by atoms with Crippen LogP contribution in [0.3, 0.4) is 0 Å². The summed E-state index contributed by atoms with van der Waals surface area (Å²) in [5.74, 6) is 0. The van der Waals surface area contributed by atoms with Crippen molar-refractivity contribution in [3.8, 4) is 33.4 Å². The van der Waals surface area contributed by atoms with Gasteiger partial charge in [-0.25, -0.2) is 0 Å². The number of hydrogen-bond acceptors (Lipinski definition) is 0. The molecule has 0 unspecified atom stereocenters. The highest BCUT2D eigenvalue weighted by Gasteiger charge is 2.29. The van der Waals surface area contributed by atoms with E-state index in [0.29, 0.717) is 0 Å². The standard InChI is InChI=1S/C44H48B20/c45-25-21(32(52)33(53)24-23(25)36(56)43(63)44(64)37(24)57)20-18-17(28(48)39(59)30(20)50)15(26(46)38(58)29(18)49)13-9-5-1-3-7-11(9)14(12-8-4-2-6-10(12)13)16-19-22(34(54)40(60)27(16)47)35(55)42(62)41(61)31(19)51/h1-8H,45-64H2. The summed E-state index contributed by atoms with van der Waals surface area (Å²) in [6, 6.07) is 18.7. The molecule has 0 fully saturated rings. The van der Waals surface area contributed by atoms with Gasteiger partial charge in [-0.15, -0.1) is 38.2 Å². The zero-order valence-electron chi connectivity index (χ0n) is 42.6. The van der Waals surface area contributed by atoms with E-state index < -0.39 is 0 Å². The summed E-state index contributed by atoms with van der Waals surface area (Å²) in [6.45, 7) is 0. The molecule has 9 aromatic carbocycles. The highest BCUT2D eigenvalue weighted by molar-refractivity contribution is 6.75. The third-order valence-corrected chi connectivity index (χ3v) is 17.7. The third kappa shape index (κ3) is 5.85. The Morgan fingerprint density at radius 3 is 0.656 bits per heavy atom. The number of fused-ring (bicyclic) bond motifs is 5. The van der Waals surface area contributed by atoms with Gasteiger partial charge in [0.2, 0.25) is 0 Å². The molecule has 0 saturated heterocycles. The summed E-state index contributed by atoms with van der Waals surface area (Å²) in [7, 11) is 47.2. The van der Waals surface area contributed by atoms with E-state index in [4.69, 9.17) is 0 Å². The lowest BCUT2D eigenvalue weighted by Crippen LogP contribution is -2.53. The zero-order chi connectivity index (χ0) is 46.4. The molecule has 64 heavy (non-hydrogen) atoms. The normalized spacial score (nSPS) is 11.8. The van der Waals surface area contributed by atoms with Crippen molar-refractivity contribution in [2.75, 3.05) is 0 Å². The second-order valence-electron chi connectivity index (χ2n) is 20.1. The fourth-order valence-corrected chi connectivity index (χ4v) is 12.6. The van der Waals surface area contributed by atoms with Crippen LogP contribution in [0.15, 0.2) is 48.5 Å². The summed E-state index contributed by atoms with van der Waals surface area (Å²) >= 11 is 0. The molecule has 20 heteroatoms. The van der Waals surface area contributed by atoms with Crippen molar-refractivity contribution in [3.05, 3.63) is 48.5 Å². The smallest absolute Gasteiger partial charge is 0.101 e. The monoisotopic (exact) mass is 797 g/mol. The minimum atomic E-state index is 1.32. The number of rotatable bonds is 3. The first-order valence-corrected chi connectivity index (χ1v) is 23.7. The van der Waals surface area contributed by atoms with E-state index in [1.807, 2.05) is 0 Å². The summed E-state index contributed by atoms with van der Waals surface area (Å²) in [4.78, 5) is 0. The Morgan fingerprint density at radius 2 is 0.344 bits per heavy atom. The van der Waals surface area contributed by atoms with Crippen LogP contribution in [0.2, 0.25) is 0 Å². The van der Waals surface area contributed by atoms with Crippen LogP contribution >= 0.6 is 0 Å². The Balaban J connectivity index is 1.52. The Kier molecular flexibility index (Phi) is 10.9. The fourth-order valence-electron chi connectivity index (χ4n) is 12.6. The van der Waals surface area contributed by atoms with Crippen molar-refractivity contribution in [2.24, 2.45) is 0 Å². The molecule has 0 heterocycles. The van der Waals surface area contributed by atoms with Gasteiger partial charge in [0.1, 0.15) is 157 Å². The van der Waals surface area contributed by atoms with Crippen LogP contribution in [0.5, 0.6) is 0 Å². The quantitative estimate of drug-likeness (QED) is 0.123. The lowest BCUT2D eigenvalue weighted by molar-refractivity contribution is 1.74. The molecule has 0 amide bonds. The van der Waals surface area contributed by atoms with Gasteiger partial charge in [0.25, 0.3) is 0 Å². The first-order valence-electron chi connectivity index (χ1n) is 23.7. The van der Waals surface area contributed by atoms with Gasteiger partial charge in [0.15, 0.2) is 0 Å². The van der Waals surface area contributed by atoms with Crippen molar-refractivity contribution in [1.29, 1.82) is 0 Å². The summed E-state index contributed by atoms with van der Waals surface area (Å²) < 4.78 is 0. The third-order valence-electron chi connectivity index (χ3n) is 17.7. The molecule has 9 rings (SSSR count). The molecule has 284 valence electrons. The molecule has 9 aromatic rings. The van der Waals surface area contributed by atoms with Gasteiger partial charge in [-0.05, 0) is 87.2 Å². The summed E-state index contributed by atoms with van der Waals surface area (Å²) in [5, 5.41) is 13.8. The molecule has 0 saturated carbocycles. The van der Waals surface area contributed by atoms with Crippen LogP contribution in [0.4, 0.5) is 0 Å². The van der Waals surface area contributed by atoms with E-state index in [9.17, 15) is 0 Å². The molecule has 0 aliphatic heterocycles. The SMILES string of the molecule is Bc1c(B)c(B)c2c(B)c(-c3c(B)c(B)c(B)c4c(-c5c6ccccc6c(-c6c(B)c(B)c(B)c7c(B)c(B)c(B)c(B)c67)c6ccccc56)c(B)c(B)c(B)c34)c(B)c(B)c2c1B.